The average Bonchev–Trinajstić information content (AvgIpc) is 2.61. The number of aliphatic carboxylic acids is 1. The van der Waals surface area contributed by atoms with Crippen LogP contribution in [-0.2, 0) is 14.0 Å². The van der Waals surface area contributed by atoms with Crippen LogP contribution < -0.4 is 5.32 Å². The van der Waals surface area contributed by atoms with Crippen molar-refractivity contribution in [3.8, 4) is 0 Å². The van der Waals surface area contributed by atoms with Gasteiger partial charge in [-0.15, -0.1) is 0 Å². The van der Waals surface area contributed by atoms with Crippen molar-refractivity contribution in [3.63, 3.8) is 0 Å². The van der Waals surface area contributed by atoms with Crippen LogP contribution in [0, 0.1) is 11.8 Å². The van der Waals surface area contributed by atoms with E-state index in [0.717, 1.165) is 6.42 Å². The van der Waals surface area contributed by atoms with Gasteiger partial charge in [-0.2, -0.15) is 0 Å². The molecule has 0 spiro atoms. The van der Waals surface area contributed by atoms with E-state index in [2.05, 4.69) is 53.8 Å². The van der Waals surface area contributed by atoms with E-state index >= 15 is 0 Å². The van der Waals surface area contributed by atoms with Crippen LogP contribution >= 0.6 is 0 Å². The summed E-state index contributed by atoms with van der Waals surface area (Å²) in [6.45, 7) is 23.2. The Morgan fingerprint density at radius 3 is 1.79 bits per heavy atom. The van der Waals surface area contributed by atoms with Gasteiger partial charge in [0, 0.05) is 6.61 Å². The van der Waals surface area contributed by atoms with Gasteiger partial charge in [-0.25, -0.2) is 4.79 Å². The highest BCUT2D eigenvalue weighted by molar-refractivity contribution is 6.77. The molecule has 33 heavy (non-hydrogen) atoms. The summed E-state index contributed by atoms with van der Waals surface area (Å²) in [5.41, 5.74) is 0.863. The Morgan fingerprint density at radius 1 is 0.909 bits per heavy atom. The molecule has 196 valence electrons. The normalized spacial score (nSPS) is 16.6. The number of nitrogens with one attached hydrogen (secondary N) is 1. The molecule has 1 amide bonds. The van der Waals surface area contributed by atoms with Gasteiger partial charge in [-0.3, -0.25) is 4.79 Å². The second-order valence-electron chi connectivity index (χ2n) is 11.6. The number of ether oxygens (including phenoxy) is 1. The number of rotatable bonds is 14. The first-order valence-electron chi connectivity index (χ1n) is 12.5. The number of amides is 1. The summed E-state index contributed by atoms with van der Waals surface area (Å²) in [7, 11) is -1.95. The molecule has 0 bridgehead atoms. The number of hydrogen-bond acceptors (Lipinski definition) is 5. The molecule has 0 rings (SSSR count). The van der Waals surface area contributed by atoms with Gasteiger partial charge in [0.2, 0.25) is 0 Å². The molecular weight excluding hydrogens is 438 g/mol. The molecule has 8 heteroatoms. The quantitative estimate of drug-likeness (QED) is 0.260. The van der Waals surface area contributed by atoms with Crippen molar-refractivity contribution < 1.29 is 29.0 Å². The van der Waals surface area contributed by atoms with Gasteiger partial charge in [0.15, 0.2) is 8.32 Å². The minimum absolute atomic E-state index is 0.0586. The summed E-state index contributed by atoms with van der Waals surface area (Å²) in [6, 6.07) is -0.598. The van der Waals surface area contributed by atoms with Gasteiger partial charge in [0.25, 0.3) is 0 Å². The van der Waals surface area contributed by atoms with Crippen LogP contribution in [0.4, 0.5) is 4.79 Å². The maximum absolute atomic E-state index is 12.4. The lowest BCUT2D eigenvalue weighted by Crippen LogP contribution is -2.48. The van der Waals surface area contributed by atoms with E-state index in [-0.39, 0.29) is 12.3 Å². The molecule has 0 saturated carbocycles. The lowest BCUT2D eigenvalue weighted by molar-refractivity contribution is -0.142. The zero-order valence-corrected chi connectivity index (χ0v) is 23.9. The number of carbonyl (C=O) groups is 2. The summed E-state index contributed by atoms with van der Waals surface area (Å²) in [5, 5.41) is 22.7. The fraction of sp³-hybridized carbons (Fsp3) is 0.920. The van der Waals surface area contributed by atoms with Gasteiger partial charge >= 0.3 is 12.1 Å². The van der Waals surface area contributed by atoms with Crippen LogP contribution in [0.3, 0.4) is 0 Å². The molecule has 0 aromatic rings. The highest BCUT2D eigenvalue weighted by atomic mass is 28.4. The third-order valence-electron chi connectivity index (χ3n) is 6.51. The Balaban J connectivity index is 5.25. The Labute approximate surface area is 203 Å². The fourth-order valence-electron chi connectivity index (χ4n) is 4.89. The monoisotopic (exact) mass is 489 g/mol. The third-order valence-corrected chi connectivity index (χ3v) is 12.6. The molecule has 0 aliphatic carbocycles. The standard InChI is InChI=1S/C25H51NO6Si/c1-16(2)33(17(3)4,18(5)6)31-13-12-19(7)14-21(22(27)15-20(8)23(28)29)26-24(30)32-25(9,10)11/h16-22,27H,12-15H2,1-11H3,(H,26,30)(H,28,29)/t19-,20-,21+,22+/m1/s1. The Bertz CT molecular complexity index is 580. The number of carboxylic acid groups (broad SMARTS) is 1. The molecule has 0 aromatic carbocycles. The topological polar surface area (TPSA) is 105 Å². The van der Waals surface area contributed by atoms with E-state index in [1.807, 2.05) is 0 Å². The van der Waals surface area contributed by atoms with Crippen LogP contribution in [0.2, 0.25) is 16.6 Å². The SMILES string of the molecule is CC(C)[Si](OCC[C@@H](C)C[C@H](NC(=O)OC(C)(C)C)[C@@H](O)C[C@@H](C)C(=O)O)(C(C)C)C(C)C. The second kappa shape index (κ2) is 13.7. The van der Waals surface area contributed by atoms with E-state index in [9.17, 15) is 19.8 Å². The molecule has 7 nitrogen and oxygen atoms in total. The van der Waals surface area contributed by atoms with Crippen molar-refractivity contribution >= 4 is 20.4 Å². The van der Waals surface area contributed by atoms with Gasteiger partial charge in [0.1, 0.15) is 5.60 Å². The lowest BCUT2D eigenvalue weighted by Gasteiger charge is -2.42. The first-order valence-corrected chi connectivity index (χ1v) is 14.6. The van der Waals surface area contributed by atoms with Crippen molar-refractivity contribution in [1.82, 2.24) is 5.32 Å². The van der Waals surface area contributed by atoms with Crippen molar-refractivity contribution in [3.05, 3.63) is 0 Å². The van der Waals surface area contributed by atoms with Crippen LogP contribution in [0.5, 0.6) is 0 Å². The summed E-state index contributed by atoms with van der Waals surface area (Å²) < 4.78 is 12.0. The second-order valence-corrected chi connectivity index (χ2v) is 17.1. The average molecular weight is 490 g/mol. The smallest absolute Gasteiger partial charge is 0.407 e. The van der Waals surface area contributed by atoms with Crippen molar-refractivity contribution in [2.45, 2.75) is 130 Å². The molecule has 4 atom stereocenters. The summed E-state index contributed by atoms with van der Waals surface area (Å²) >= 11 is 0. The fourth-order valence-corrected chi connectivity index (χ4v) is 10.4. The lowest BCUT2D eigenvalue weighted by atomic mass is 9.91. The molecule has 0 fully saturated rings. The van der Waals surface area contributed by atoms with Crippen LogP contribution in [0.25, 0.3) is 0 Å². The number of aliphatic hydroxyl groups excluding tert-OH is 1. The first kappa shape index (κ1) is 31.9. The Hall–Kier alpha value is -1.12. The molecule has 0 heterocycles. The predicted molar refractivity (Wildman–Crippen MR) is 136 cm³/mol. The number of hydrogen-bond donors (Lipinski definition) is 3. The van der Waals surface area contributed by atoms with Crippen LogP contribution in [0.15, 0.2) is 0 Å². The van der Waals surface area contributed by atoms with Crippen LogP contribution in [0.1, 0.15) is 95.4 Å². The Morgan fingerprint density at radius 2 is 1.39 bits per heavy atom. The molecule has 0 aliphatic heterocycles. The molecule has 0 saturated heterocycles. The van der Waals surface area contributed by atoms with Gasteiger partial charge in [-0.1, -0.05) is 55.4 Å². The van der Waals surface area contributed by atoms with E-state index in [1.54, 1.807) is 27.7 Å². The first-order chi connectivity index (χ1) is 14.9. The van der Waals surface area contributed by atoms with E-state index in [0.29, 0.717) is 29.7 Å². The van der Waals surface area contributed by atoms with E-state index in [1.165, 1.54) is 0 Å². The number of carboxylic acids is 1. The highest BCUT2D eigenvalue weighted by Crippen LogP contribution is 2.42. The molecule has 0 aliphatic rings. The summed E-state index contributed by atoms with van der Waals surface area (Å²) in [5.74, 6) is -1.52. The van der Waals surface area contributed by atoms with Crippen molar-refractivity contribution in [1.29, 1.82) is 0 Å². The van der Waals surface area contributed by atoms with Crippen molar-refractivity contribution in [2.24, 2.45) is 11.8 Å². The highest BCUT2D eigenvalue weighted by Gasteiger charge is 2.44. The molecule has 0 aromatic heterocycles. The maximum atomic E-state index is 12.4. The number of carbonyl (C=O) groups excluding carboxylic acids is 1. The number of alkyl carbamates (subject to hydrolysis) is 1. The Kier molecular flexibility index (Phi) is 13.2. The van der Waals surface area contributed by atoms with Gasteiger partial charge in [0.05, 0.1) is 18.1 Å². The van der Waals surface area contributed by atoms with Crippen molar-refractivity contribution in [2.75, 3.05) is 6.61 Å². The largest absolute Gasteiger partial charge is 0.481 e. The third kappa shape index (κ3) is 10.8. The minimum Gasteiger partial charge on any atom is -0.481 e. The van der Waals surface area contributed by atoms with E-state index < -0.39 is 44.0 Å². The molecular formula is C25H51NO6Si. The summed E-state index contributed by atoms with van der Waals surface area (Å²) in [6.07, 6.45) is -0.223. The van der Waals surface area contributed by atoms with E-state index in [4.69, 9.17) is 9.16 Å². The number of aliphatic hydroxyl groups is 1. The molecule has 0 unspecified atom stereocenters. The summed E-state index contributed by atoms with van der Waals surface area (Å²) in [4.78, 5) is 23.6. The minimum atomic E-state index is -1.95. The zero-order chi connectivity index (χ0) is 26.1. The maximum Gasteiger partial charge on any atom is 0.407 e. The molecule has 0 radical (unpaired) electrons. The van der Waals surface area contributed by atoms with Gasteiger partial charge in [-0.05, 0) is 62.6 Å². The predicted octanol–water partition coefficient (Wildman–Crippen LogP) is 5.96. The zero-order valence-electron chi connectivity index (χ0n) is 22.9. The molecule has 3 N–H and O–H groups in total. The van der Waals surface area contributed by atoms with Crippen LogP contribution in [-0.4, -0.2) is 54.9 Å². The van der Waals surface area contributed by atoms with Gasteiger partial charge < -0.3 is 24.7 Å².